The summed E-state index contributed by atoms with van der Waals surface area (Å²) in [5.74, 6) is 0. The minimum absolute atomic E-state index is 0.138. The van der Waals surface area contributed by atoms with Gasteiger partial charge in [-0.2, -0.15) is 0 Å². The highest BCUT2D eigenvalue weighted by atomic mass is 79.9. The van der Waals surface area contributed by atoms with E-state index in [9.17, 15) is 0 Å². The number of benzene rings is 1. The van der Waals surface area contributed by atoms with Crippen LogP contribution in [0.2, 0.25) is 0 Å². The summed E-state index contributed by atoms with van der Waals surface area (Å²) < 4.78 is 3.12. The van der Waals surface area contributed by atoms with Crippen LogP contribution >= 0.6 is 70.7 Å². The van der Waals surface area contributed by atoms with Crippen molar-refractivity contribution >= 4 is 70.7 Å². The molecule has 0 amide bonds. The van der Waals surface area contributed by atoms with Gasteiger partial charge in [0.05, 0.1) is 5.38 Å². The Morgan fingerprint density at radius 2 is 1.81 bits per heavy atom. The van der Waals surface area contributed by atoms with E-state index >= 15 is 0 Å². The van der Waals surface area contributed by atoms with Crippen LogP contribution in [0.4, 0.5) is 0 Å². The average Bonchev–Trinajstić information content (AvgIpc) is 2.67. The summed E-state index contributed by atoms with van der Waals surface area (Å²) in [7, 11) is 0. The molecule has 2 aromatic rings. The third-order valence-electron chi connectivity index (χ3n) is 2.11. The van der Waals surface area contributed by atoms with Crippen molar-refractivity contribution in [1.82, 2.24) is 0 Å². The van der Waals surface area contributed by atoms with Crippen LogP contribution in [-0.4, -0.2) is 0 Å². The quantitative estimate of drug-likeness (QED) is 0.472. The minimum atomic E-state index is -0.138. The fourth-order valence-corrected chi connectivity index (χ4v) is 4.50. The van der Waals surface area contributed by atoms with Gasteiger partial charge >= 0.3 is 0 Å². The summed E-state index contributed by atoms with van der Waals surface area (Å²) in [4.78, 5) is 1.13. The van der Waals surface area contributed by atoms with Gasteiger partial charge < -0.3 is 0 Å². The molecular formula is C11H6Br3ClS. The Kier molecular flexibility index (Phi) is 4.52. The highest BCUT2D eigenvalue weighted by Gasteiger charge is 2.18. The number of rotatable bonds is 2. The van der Waals surface area contributed by atoms with E-state index in [2.05, 4.69) is 47.8 Å². The van der Waals surface area contributed by atoms with Crippen molar-refractivity contribution in [2.75, 3.05) is 0 Å². The van der Waals surface area contributed by atoms with Crippen LogP contribution in [0.15, 0.2) is 43.1 Å². The first-order valence-electron chi connectivity index (χ1n) is 4.41. The molecule has 0 aliphatic rings. The monoisotopic (exact) mass is 442 g/mol. The first-order valence-corrected chi connectivity index (χ1v) is 8.11. The van der Waals surface area contributed by atoms with Gasteiger partial charge in [0, 0.05) is 18.3 Å². The second-order valence-electron chi connectivity index (χ2n) is 3.16. The van der Waals surface area contributed by atoms with Crippen molar-refractivity contribution in [1.29, 1.82) is 0 Å². The van der Waals surface area contributed by atoms with Crippen LogP contribution < -0.4 is 0 Å². The van der Waals surface area contributed by atoms with Gasteiger partial charge in [-0.15, -0.1) is 22.9 Å². The van der Waals surface area contributed by atoms with E-state index in [4.69, 9.17) is 11.6 Å². The average molecular weight is 445 g/mol. The van der Waals surface area contributed by atoms with Gasteiger partial charge in [0.15, 0.2) is 0 Å². The predicted molar refractivity (Wildman–Crippen MR) is 81.6 cm³/mol. The van der Waals surface area contributed by atoms with Crippen molar-refractivity contribution in [2.45, 2.75) is 5.38 Å². The Morgan fingerprint density at radius 3 is 2.44 bits per heavy atom. The number of hydrogen-bond acceptors (Lipinski definition) is 1. The smallest absolute Gasteiger partial charge is 0.0950 e. The van der Waals surface area contributed by atoms with Gasteiger partial charge in [-0.25, -0.2) is 0 Å². The standard InChI is InChI=1S/C11H6Br3ClS/c12-6-1-2-8(13)7(5-6)10(15)11-9(14)3-4-16-11/h1-5,10H. The van der Waals surface area contributed by atoms with Crippen LogP contribution in [0.5, 0.6) is 0 Å². The summed E-state index contributed by atoms with van der Waals surface area (Å²) in [6, 6.07) is 8.03. The summed E-state index contributed by atoms with van der Waals surface area (Å²) in [6.07, 6.45) is 0. The second-order valence-corrected chi connectivity index (χ2v) is 7.17. The van der Waals surface area contributed by atoms with Crippen molar-refractivity contribution in [3.05, 3.63) is 53.5 Å². The molecule has 0 fully saturated rings. The largest absolute Gasteiger partial charge is 0.146 e. The molecule has 1 unspecified atom stereocenters. The van der Waals surface area contributed by atoms with Gasteiger partial charge in [0.2, 0.25) is 0 Å². The first-order chi connectivity index (χ1) is 7.59. The molecule has 0 saturated carbocycles. The summed E-state index contributed by atoms with van der Waals surface area (Å²) in [5, 5.41) is 1.89. The minimum Gasteiger partial charge on any atom is -0.146 e. The molecule has 0 N–H and O–H groups in total. The van der Waals surface area contributed by atoms with E-state index in [-0.39, 0.29) is 5.38 Å². The zero-order valence-corrected chi connectivity index (χ0v) is 14.2. The number of halogens is 4. The Hall–Kier alpha value is 0.650. The lowest BCUT2D eigenvalue weighted by atomic mass is 10.1. The Bertz CT molecular complexity index is 510. The molecule has 84 valence electrons. The molecule has 0 saturated heterocycles. The highest BCUT2D eigenvalue weighted by molar-refractivity contribution is 9.11. The molecule has 0 nitrogen and oxygen atoms in total. The molecule has 1 heterocycles. The van der Waals surface area contributed by atoms with E-state index in [1.807, 2.05) is 29.6 Å². The molecular weight excluding hydrogens is 439 g/mol. The lowest BCUT2D eigenvalue weighted by molar-refractivity contribution is 1.16. The zero-order chi connectivity index (χ0) is 11.7. The lowest BCUT2D eigenvalue weighted by Gasteiger charge is -2.11. The van der Waals surface area contributed by atoms with Crippen LogP contribution in [0.1, 0.15) is 15.8 Å². The fourth-order valence-electron chi connectivity index (χ4n) is 1.34. The van der Waals surface area contributed by atoms with Gasteiger partial charge in [0.1, 0.15) is 0 Å². The number of hydrogen-bond donors (Lipinski definition) is 0. The van der Waals surface area contributed by atoms with E-state index in [0.29, 0.717) is 0 Å². The maximum absolute atomic E-state index is 6.49. The molecule has 2 rings (SSSR count). The zero-order valence-electron chi connectivity index (χ0n) is 7.88. The molecule has 0 radical (unpaired) electrons. The maximum Gasteiger partial charge on any atom is 0.0950 e. The van der Waals surface area contributed by atoms with Crippen molar-refractivity contribution < 1.29 is 0 Å². The van der Waals surface area contributed by atoms with Gasteiger partial charge in [-0.05, 0) is 51.1 Å². The van der Waals surface area contributed by atoms with Gasteiger partial charge in [-0.3, -0.25) is 0 Å². The molecule has 16 heavy (non-hydrogen) atoms. The second kappa shape index (κ2) is 5.53. The summed E-state index contributed by atoms with van der Waals surface area (Å²) in [5.41, 5.74) is 1.07. The Labute approximate surface area is 128 Å². The third-order valence-corrected chi connectivity index (χ3v) is 5.84. The molecule has 0 bridgehead atoms. The van der Waals surface area contributed by atoms with Crippen LogP contribution in [0.3, 0.4) is 0 Å². The molecule has 0 aliphatic carbocycles. The van der Waals surface area contributed by atoms with Gasteiger partial charge in [0.25, 0.3) is 0 Å². The maximum atomic E-state index is 6.49. The number of alkyl halides is 1. The molecule has 1 atom stereocenters. The molecule has 5 heteroatoms. The van der Waals surface area contributed by atoms with Crippen molar-refractivity contribution in [3.8, 4) is 0 Å². The summed E-state index contributed by atoms with van der Waals surface area (Å²) in [6.45, 7) is 0. The fraction of sp³-hybridized carbons (Fsp3) is 0.0909. The molecule has 0 spiro atoms. The Balaban J connectivity index is 2.45. The van der Waals surface area contributed by atoms with E-state index < -0.39 is 0 Å². The molecule has 1 aromatic carbocycles. The van der Waals surface area contributed by atoms with Crippen LogP contribution in [-0.2, 0) is 0 Å². The third kappa shape index (κ3) is 2.72. The van der Waals surface area contributed by atoms with Crippen LogP contribution in [0, 0.1) is 0 Å². The van der Waals surface area contributed by atoms with E-state index in [1.54, 1.807) is 11.3 Å². The van der Waals surface area contributed by atoms with Crippen molar-refractivity contribution in [3.63, 3.8) is 0 Å². The SMILES string of the molecule is ClC(c1cc(Br)ccc1Br)c1sccc1Br. The van der Waals surface area contributed by atoms with Crippen molar-refractivity contribution in [2.24, 2.45) is 0 Å². The van der Waals surface area contributed by atoms with Gasteiger partial charge in [-0.1, -0.05) is 31.9 Å². The molecule has 1 aromatic heterocycles. The Morgan fingerprint density at radius 1 is 1.06 bits per heavy atom. The van der Waals surface area contributed by atoms with E-state index in [1.165, 1.54) is 0 Å². The van der Waals surface area contributed by atoms with Crippen LogP contribution in [0.25, 0.3) is 0 Å². The number of thiophene rings is 1. The normalized spacial score (nSPS) is 12.8. The lowest BCUT2D eigenvalue weighted by Crippen LogP contribution is -1.92. The first kappa shape index (κ1) is 13.1. The highest BCUT2D eigenvalue weighted by Crippen LogP contribution is 2.40. The summed E-state index contributed by atoms with van der Waals surface area (Å²) >= 11 is 18.6. The topological polar surface area (TPSA) is 0 Å². The van der Waals surface area contributed by atoms with E-state index in [0.717, 1.165) is 23.9 Å². The predicted octanol–water partition coefficient (Wildman–Crippen LogP) is 6.36. The molecule has 0 aliphatic heterocycles.